The Hall–Kier alpha value is -1.15. The zero-order valence-corrected chi connectivity index (χ0v) is 17.4. The molecule has 0 radical (unpaired) electrons. The van der Waals surface area contributed by atoms with Crippen LogP contribution < -0.4 is 10.6 Å². The maximum Gasteiger partial charge on any atom is 0.239 e. The van der Waals surface area contributed by atoms with Crippen LogP contribution in [0.15, 0.2) is 29.2 Å². The first kappa shape index (κ1) is 22.9. The molecule has 8 heteroatoms. The van der Waals surface area contributed by atoms with Crippen molar-refractivity contribution in [3.63, 3.8) is 0 Å². The molecular formula is C18H29ClN2O4S. The van der Waals surface area contributed by atoms with Gasteiger partial charge in [0.1, 0.15) is 6.04 Å². The van der Waals surface area contributed by atoms with Crippen LogP contribution in [0.2, 0.25) is 0 Å². The van der Waals surface area contributed by atoms with Crippen LogP contribution in [-0.4, -0.2) is 51.9 Å². The van der Waals surface area contributed by atoms with Gasteiger partial charge in [0, 0.05) is 13.1 Å². The van der Waals surface area contributed by atoms with Gasteiger partial charge in [-0.15, -0.1) is 12.4 Å². The Labute approximate surface area is 162 Å². The molecule has 2 rings (SSSR count). The molecule has 1 amide bonds. The summed E-state index contributed by atoms with van der Waals surface area (Å²) in [5, 5.41) is 5.77. The monoisotopic (exact) mass is 404 g/mol. The van der Waals surface area contributed by atoms with Crippen molar-refractivity contribution in [1.82, 2.24) is 10.6 Å². The molecule has 0 unspecified atom stereocenters. The van der Waals surface area contributed by atoms with E-state index in [1.165, 1.54) is 0 Å². The van der Waals surface area contributed by atoms with Gasteiger partial charge in [-0.05, 0) is 30.0 Å². The molecule has 2 atom stereocenters. The van der Waals surface area contributed by atoms with E-state index in [1.54, 1.807) is 12.1 Å². The molecule has 0 spiro atoms. The van der Waals surface area contributed by atoms with Crippen molar-refractivity contribution in [2.45, 2.75) is 50.2 Å². The quantitative estimate of drug-likeness (QED) is 0.779. The molecule has 0 saturated carbocycles. The van der Waals surface area contributed by atoms with E-state index in [9.17, 15) is 13.2 Å². The van der Waals surface area contributed by atoms with Gasteiger partial charge >= 0.3 is 0 Å². The fourth-order valence-corrected chi connectivity index (χ4v) is 3.88. The van der Waals surface area contributed by atoms with E-state index in [1.807, 2.05) is 19.1 Å². The number of sulfone groups is 1. The highest BCUT2D eigenvalue weighted by Gasteiger charge is 2.28. The van der Waals surface area contributed by atoms with Crippen LogP contribution in [-0.2, 0) is 24.8 Å². The molecular weight excluding hydrogens is 376 g/mol. The maximum absolute atomic E-state index is 12.4. The second-order valence-corrected chi connectivity index (χ2v) is 9.50. The van der Waals surface area contributed by atoms with Gasteiger partial charge in [-0.2, -0.15) is 0 Å². The van der Waals surface area contributed by atoms with E-state index >= 15 is 0 Å². The molecule has 1 aromatic carbocycles. The molecule has 6 nitrogen and oxygen atoms in total. The van der Waals surface area contributed by atoms with Crippen molar-refractivity contribution in [1.29, 1.82) is 0 Å². The number of carbonyl (C=O) groups excluding carboxylic acids is 1. The van der Waals surface area contributed by atoms with Crippen LogP contribution in [0, 0.1) is 0 Å². The fraction of sp³-hybridized carbons (Fsp3) is 0.611. The zero-order valence-electron chi connectivity index (χ0n) is 15.7. The molecule has 0 bridgehead atoms. The van der Waals surface area contributed by atoms with Crippen LogP contribution >= 0.6 is 12.4 Å². The zero-order chi connectivity index (χ0) is 18.7. The molecule has 1 saturated heterocycles. The first-order valence-electron chi connectivity index (χ1n) is 8.57. The first-order chi connectivity index (χ1) is 11.6. The first-order valence-corrected chi connectivity index (χ1v) is 10.2. The van der Waals surface area contributed by atoms with Gasteiger partial charge in [-0.3, -0.25) is 4.79 Å². The third kappa shape index (κ3) is 5.94. The average molecular weight is 405 g/mol. The van der Waals surface area contributed by atoms with Gasteiger partial charge in [0.05, 0.1) is 23.4 Å². The number of hydrogen-bond donors (Lipinski definition) is 2. The predicted octanol–water partition coefficient (Wildman–Crippen LogP) is 1.67. The highest BCUT2D eigenvalue weighted by atomic mass is 35.5. The lowest BCUT2D eigenvalue weighted by atomic mass is 9.87. The topological polar surface area (TPSA) is 84.5 Å². The van der Waals surface area contributed by atoms with E-state index < -0.39 is 15.9 Å². The summed E-state index contributed by atoms with van der Waals surface area (Å²) in [7, 11) is -3.43. The number of morpholine rings is 1. The van der Waals surface area contributed by atoms with Crippen molar-refractivity contribution in [2.24, 2.45) is 0 Å². The van der Waals surface area contributed by atoms with Gasteiger partial charge in [-0.1, -0.05) is 32.9 Å². The molecule has 1 aromatic rings. The summed E-state index contributed by atoms with van der Waals surface area (Å²) < 4.78 is 30.3. The summed E-state index contributed by atoms with van der Waals surface area (Å²) >= 11 is 0. The van der Waals surface area contributed by atoms with E-state index in [0.29, 0.717) is 13.2 Å². The molecule has 1 heterocycles. The third-order valence-corrected chi connectivity index (χ3v) is 6.08. The Morgan fingerprint density at radius 1 is 1.27 bits per heavy atom. The van der Waals surface area contributed by atoms with Crippen LogP contribution in [0.5, 0.6) is 0 Å². The average Bonchev–Trinajstić information content (AvgIpc) is 2.54. The maximum atomic E-state index is 12.4. The van der Waals surface area contributed by atoms with Crippen molar-refractivity contribution >= 4 is 28.2 Å². The SMILES string of the molecule is C[C@H]1OCCN[C@@H]1C(=O)NCCS(=O)(=O)c1ccc(C(C)(C)C)cc1.Cl. The molecule has 0 aromatic heterocycles. The van der Waals surface area contributed by atoms with Crippen LogP contribution in [0.3, 0.4) is 0 Å². The lowest BCUT2D eigenvalue weighted by molar-refractivity contribution is -0.128. The highest BCUT2D eigenvalue weighted by Crippen LogP contribution is 2.23. The van der Waals surface area contributed by atoms with E-state index in [2.05, 4.69) is 31.4 Å². The van der Waals surface area contributed by atoms with Crippen LogP contribution in [0.4, 0.5) is 0 Å². The Bertz CT molecular complexity index is 699. The Morgan fingerprint density at radius 3 is 2.42 bits per heavy atom. The van der Waals surface area contributed by atoms with Crippen molar-refractivity contribution < 1.29 is 17.9 Å². The summed E-state index contributed by atoms with van der Waals surface area (Å²) in [6.45, 7) is 9.32. The minimum atomic E-state index is -3.43. The molecule has 1 aliphatic heterocycles. The fourth-order valence-electron chi connectivity index (χ4n) is 2.73. The second-order valence-electron chi connectivity index (χ2n) is 7.39. The largest absolute Gasteiger partial charge is 0.375 e. The van der Waals surface area contributed by atoms with Gasteiger partial charge < -0.3 is 15.4 Å². The highest BCUT2D eigenvalue weighted by molar-refractivity contribution is 7.91. The predicted molar refractivity (Wildman–Crippen MR) is 105 cm³/mol. The number of nitrogens with one attached hydrogen (secondary N) is 2. The van der Waals surface area contributed by atoms with Gasteiger partial charge in [0.15, 0.2) is 9.84 Å². The standard InChI is InChI=1S/C18H28N2O4S.ClH/c1-13-16(19-9-11-24-13)17(21)20-10-12-25(22,23)15-7-5-14(6-8-15)18(2,3)4;/h5-8,13,16,19H,9-12H2,1-4H3,(H,20,21);1H/t13-,16+;/m1./s1. The summed E-state index contributed by atoms with van der Waals surface area (Å²) in [6.07, 6.45) is -0.227. The molecule has 1 aliphatic rings. The molecule has 26 heavy (non-hydrogen) atoms. The summed E-state index contributed by atoms with van der Waals surface area (Å²) in [4.78, 5) is 12.4. The van der Waals surface area contributed by atoms with E-state index in [0.717, 1.165) is 5.56 Å². The lowest BCUT2D eigenvalue weighted by Crippen LogP contribution is -2.55. The summed E-state index contributed by atoms with van der Waals surface area (Å²) in [6, 6.07) is 6.52. The third-order valence-electron chi connectivity index (χ3n) is 4.35. The number of carbonyl (C=O) groups is 1. The Balaban J connectivity index is 0.00000338. The smallest absolute Gasteiger partial charge is 0.239 e. The molecule has 148 valence electrons. The number of rotatable bonds is 5. The van der Waals surface area contributed by atoms with E-state index in [4.69, 9.17) is 4.74 Å². The van der Waals surface area contributed by atoms with Crippen LogP contribution in [0.25, 0.3) is 0 Å². The molecule has 2 N–H and O–H groups in total. The number of amides is 1. The lowest BCUT2D eigenvalue weighted by Gasteiger charge is -2.29. The number of hydrogen-bond acceptors (Lipinski definition) is 5. The van der Waals surface area contributed by atoms with Crippen molar-refractivity contribution in [2.75, 3.05) is 25.4 Å². The number of ether oxygens (including phenoxy) is 1. The van der Waals surface area contributed by atoms with Crippen molar-refractivity contribution in [3.8, 4) is 0 Å². The number of benzene rings is 1. The minimum Gasteiger partial charge on any atom is -0.375 e. The summed E-state index contributed by atoms with van der Waals surface area (Å²) in [5.41, 5.74) is 1.05. The molecule has 0 aliphatic carbocycles. The summed E-state index contributed by atoms with van der Waals surface area (Å²) in [5.74, 6) is -0.360. The van der Waals surface area contributed by atoms with E-state index in [-0.39, 0.29) is 47.0 Å². The van der Waals surface area contributed by atoms with Crippen LogP contribution in [0.1, 0.15) is 33.3 Å². The van der Waals surface area contributed by atoms with Gasteiger partial charge in [0.2, 0.25) is 5.91 Å². The molecule has 1 fully saturated rings. The number of halogens is 1. The Kier molecular flexibility index (Phi) is 8.07. The second kappa shape index (κ2) is 9.17. The minimum absolute atomic E-state index is 0. The Morgan fingerprint density at radius 2 is 1.88 bits per heavy atom. The van der Waals surface area contributed by atoms with Gasteiger partial charge in [0.25, 0.3) is 0 Å². The normalized spacial score (nSPS) is 20.9. The van der Waals surface area contributed by atoms with Crippen molar-refractivity contribution in [3.05, 3.63) is 29.8 Å². The van der Waals surface area contributed by atoms with Gasteiger partial charge in [-0.25, -0.2) is 8.42 Å².